The number of rotatable bonds is 7. The Morgan fingerprint density at radius 1 is 1.00 bits per heavy atom. The summed E-state index contributed by atoms with van der Waals surface area (Å²) in [7, 11) is 0. The summed E-state index contributed by atoms with van der Waals surface area (Å²) in [6.45, 7) is 7.56. The van der Waals surface area contributed by atoms with Crippen molar-refractivity contribution >= 4 is 40.3 Å². The van der Waals surface area contributed by atoms with Crippen molar-refractivity contribution in [2.75, 3.05) is 54.9 Å². The first-order valence-corrected chi connectivity index (χ1v) is 16.8. The Hall–Kier alpha value is -4.06. The number of fused-ring (bicyclic) bond motifs is 1. The Kier molecular flexibility index (Phi) is 8.64. The highest BCUT2D eigenvalue weighted by molar-refractivity contribution is 7.14. The molecule has 10 nitrogen and oxygen atoms in total. The molecule has 0 saturated carbocycles. The molecule has 234 valence electrons. The molecule has 5 heterocycles. The third-order valence-corrected chi connectivity index (χ3v) is 10.5. The molecule has 11 heteroatoms. The maximum atomic E-state index is 13.2. The standard InChI is InChI=1S/C34H39N7O3S/c1-22-26(6-4-7-27(22)37-34(43)30-20-23-5-2-3-8-29(23)45-30)24-19-28(33(42)35-21-24)36-31-9-10-32(39-38-31)41-13-11-25(12-14-41)40-15-17-44-18-16-40/h4,6-7,9-10,19-21,25H,2-3,5,8,11-18H2,1H3,(H,35,42)(H,36,38)(H,37,43). The predicted molar refractivity (Wildman–Crippen MR) is 179 cm³/mol. The van der Waals surface area contributed by atoms with E-state index in [1.165, 1.54) is 23.3 Å². The van der Waals surface area contributed by atoms with Crippen molar-refractivity contribution in [2.45, 2.75) is 51.5 Å². The SMILES string of the molecule is Cc1c(NC(=O)c2cc3c(s2)CCCC3)cccc1-c1c[nH]c(=O)c(Nc2ccc(N3CCC(N4CCOCC4)CC3)nn2)c1. The van der Waals surface area contributed by atoms with Crippen molar-refractivity contribution in [2.24, 2.45) is 0 Å². The minimum Gasteiger partial charge on any atom is -0.379 e. The number of nitrogens with one attached hydrogen (secondary N) is 3. The number of morpholine rings is 1. The van der Waals surface area contributed by atoms with Crippen molar-refractivity contribution in [3.05, 3.63) is 79.9 Å². The molecule has 0 atom stereocenters. The van der Waals surface area contributed by atoms with Crippen molar-refractivity contribution < 1.29 is 9.53 Å². The van der Waals surface area contributed by atoms with Crippen LogP contribution >= 0.6 is 11.3 Å². The summed E-state index contributed by atoms with van der Waals surface area (Å²) in [6.07, 6.45) is 8.40. The van der Waals surface area contributed by atoms with Gasteiger partial charge < -0.3 is 25.3 Å². The first-order chi connectivity index (χ1) is 22.0. The number of aryl methyl sites for hydroxylation is 2. The molecule has 1 amide bonds. The van der Waals surface area contributed by atoms with E-state index in [1.54, 1.807) is 17.5 Å². The summed E-state index contributed by atoms with van der Waals surface area (Å²) in [4.78, 5) is 35.7. The summed E-state index contributed by atoms with van der Waals surface area (Å²) < 4.78 is 5.51. The Balaban J connectivity index is 1.02. The Morgan fingerprint density at radius 3 is 2.60 bits per heavy atom. The number of hydrogen-bond donors (Lipinski definition) is 3. The number of carbonyl (C=O) groups excluding carboxylic acids is 1. The number of anilines is 4. The lowest BCUT2D eigenvalue weighted by Gasteiger charge is -2.40. The number of nitrogens with zero attached hydrogens (tertiary/aromatic N) is 4. The largest absolute Gasteiger partial charge is 0.379 e. The molecule has 0 spiro atoms. The number of thiophene rings is 1. The van der Waals surface area contributed by atoms with E-state index in [2.05, 4.69) is 41.7 Å². The van der Waals surface area contributed by atoms with Gasteiger partial charge in [0, 0.05) is 54.5 Å². The van der Waals surface area contributed by atoms with Gasteiger partial charge in [0.1, 0.15) is 5.69 Å². The summed E-state index contributed by atoms with van der Waals surface area (Å²) in [5.74, 6) is 1.27. The van der Waals surface area contributed by atoms with Gasteiger partial charge in [-0.15, -0.1) is 21.5 Å². The zero-order valence-electron chi connectivity index (χ0n) is 25.6. The molecule has 0 unspecified atom stereocenters. The predicted octanol–water partition coefficient (Wildman–Crippen LogP) is 5.38. The third-order valence-electron chi connectivity index (χ3n) is 9.28. The Labute approximate surface area is 266 Å². The van der Waals surface area contributed by atoms with E-state index in [0.717, 1.165) is 98.1 Å². The van der Waals surface area contributed by atoms with Crippen LogP contribution in [0.3, 0.4) is 0 Å². The van der Waals surface area contributed by atoms with Crippen molar-refractivity contribution in [3.63, 3.8) is 0 Å². The Bertz CT molecular complexity index is 1700. The van der Waals surface area contributed by atoms with Crippen LogP contribution < -0.4 is 21.1 Å². The molecule has 3 aliphatic rings. The monoisotopic (exact) mass is 625 g/mol. The number of benzene rings is 1. The molecule has 1 aromatic carbocycles. The van der Waals surface area contributed by atoms with Crippen molar-refractivity contribution in [1.29, 1.82) is 0 Å². The van der Waals surface area contributed by atoms with E-state index < -0.39 is 0 Å². The second-order valence-electron chi connectivity index (χ2n) is 12.1. The van der Waals surface area contributed by atoms with Gasteiger partial charge in [0.25, 0.3) is 11.5 Å². The van der Waals surface area contributed by atoms with Crippen LogP contribution in [0.15, 0.2) is 53.5 Å². The van der Waals surface area contributed by atoms with Crippen LogP contribution in [0.2, 0.25) is 0 Å². The highest BCUT2D eigenvalue weighted by Gasteiger charge is 2.26. The van der Waals surface area contributed by atoms with Crippen LogP contribution in [0.1, 0.15) is 51.4 Å². The molecule has 2 aliphatic heterocycles. The summed E-state index contributed by atoms with van der Waals surface area (Å²) >= 11 is 1.61. The topological polar surface area (TPSA) is 115 Å². The number of hydrogen-bond acceptors (Lipinski definition) is 9. The number of carbonyl (C=O) groups is 1. The summed E-state index contributed by atoms with van der Waals surface area (Å²) in [5, 5.41) is 15.1. The number of aromatic nitrogens is 3. The van der Waals surface area contributed by atoms with Gasteiger partial charge in [-0.25, -0.2) is 0 Å². The van der Waals surface area contributed by atoms with Gasteiger partial charge >= 0.3 is 0 Å². The van der Waals surface area contributed by atoms with Gasteiger partial charge in [-0.1, -0.05) is 12.1 Å². The third kappa shape index (κ3) is 6.51. The van der Waals surface area contributed by atoms with Gasteiger partial charge in [0.2, 0.25) is 0 Å². The first-order valence-electron chi connectivity index (χ1n) is 15.9. The molecule has 0 bridgehead atoms. The average molecular weight is 626 g/mol. The summed E-state index contributed by atoms with van der Waals surface area (Å²) in [6, 6.07) is 14.1. The van der Waals surface area contributed by atoms with Crippen LogP contribution in [0.4, 0.5) is 23.0 Å². The zero-order valence-corrected chi connectivity index (χ0v) is 26.4. The molecule has 0 radical (unpaired) electrons. The van der Waals surface area contributed by atoms with Crippen LogP contribution in [0.5, 0.6) is 0 Å². The second-order valence-corrected chi connectivity index (χ2v) is 13.2. The number of H-pyrrole nitrogens is 1. The van der Waals surface area contributed by atoms with Gasteiger partial charge in [-0.2, -0.15) is 0 Å². The first kappa shape index (κ1) is 29.6. The fraction of sp³-hybridized carbons (Fsp3) is 0.412. The van der Waals surface area contributed by atoms with Crippen LogP contribution in [-0.2, 0) is 17.6 Å². The molecule has 4 aromatic rings. The molecule has 45 heavy (non-hydrogen) atoms. The minimum atomic E-state index is -0.251. The van der Waals surface area contributed by atoms with Crippen molar-refractivity contribution in [1.82, 2.24) is 20.1 Å². The van der Waals surface area contributed by atoms with Crippen LogP contribution in [0.25, 0.3) is 11.1 Å². The van der Waals surface area contributed by atoms with Gasteiger partial charge in [-0.05, 0) is 92.5 Å². The molecular weight excluding hydrogens is 586 g/mol. The van der Waals surface area contributed by atoms with Crippen molar-refractivity contribution in [3.8, 4) is 11.1 Å². The summed E-state index contributed by atoms with van der Waals surface area (Å²) in [5.41, 5.74) is 4.85. The highest BCUT2D eigenvalue weighted by Crippen LogP contribution is 2.33. The highest BCUT2D eigenvalue weighted by atomic mass is 32.1. The molecule has 3 aromatic heterocycles. The molecular formula is C34H39N7O3S. The second kappa shape index (κ2) is 13.1. The van der Waals surface area contributed by atoms with E-state index >= 15 is 0 Å². The molecule has 2 fully saturated rings. The Morgan fingerprint density at radius 2 is 1.82 bits per heavy atom. The van der Waals surface area contributed by atoms with E-state index in [-0.39, 0.29) is 11.5 Å². The van der Waals surface area contributed by atoms with E-state index in [4.69, 9.17) is 4.74 Å². The quantitative estimate of drug-likeness (QED) is 0.251. The van der Waals surface area contributed by atoms with Crippen LogP contribution in [0, 0.1) is 6.92 Å². The molecule has 2 saturated heterocycles. The number of piperidine rings is 1. The lowest BCUT2D eigenvalue weighted by molar-refractivity contribution is 0.0114. The molecule has 7 rings (SSSR count). The van der Waals surface area contributed by atoms with Crippen LogP contribution in [-0.4, -0.2) is 71.4 Å². The maximum absolute atomic E-state index is 13.2. The lowest BCUT2D eigenvalue weighted by atomic mass is 9.99. The average Bonchev–Trinajstić information content (AvgIpc) is 3.53. The zero-order chi connectivity index (χ0) is 30.8. The van der Waals surface area contributed by atoms with E-state index in [9.17, 15) is 9.59 Å². The van der Waals surface area contributed by atoms with E-state index in [1.807, 2.05) is 43.3 Å². The van der Waals surface area contributed by atoms with Gasteiger partial charge in [-0.3, -0.25) is 14.5 Å². The smallest absolute Gasteiger partial charge is 0.271 e. The van der Waals surface area contributed by atoms with Gasteiger partial charge in [0.15, 0.2) is 11.6 Å². The number of ether oxygens (including phenoxy) is 1. The number of aromatic amines is 1. The fourth-order valence-electron chi connectivity index (χ4n) is 6.70. The minimum absolute atomic E-state index is 0.0815. The lowest BCUT2D eigenvalue weighted by Crippen LogP contribution is -2.49. The maximum Gasteiger partial charge on any atom is 0.271 e. The number of pyridine rings is 1. The molecule has 3 N–H and O–H groups in total. The van der Waals surface area contributed by atoms with E-state index in [0.29, 0.717) is 17.5 Å². The normalized spacial score (nSPS) is 17.6. The van der Waals surface area contributed by atoms with Gasteiger partial charge in [0.05, 0.1) is 18.1 Å². The number of amides is 1. The molecule has 1 aliphatic carbocycles. The fourth-order valence-corrected chi connectivity index (χ4v) is 7.85.